The van der Waals surface area contributed by atoms with E-state index in [4.69, 9.17) is 11.6 Å². The predicted molar refractivity (Wildman–Crippen MR) is 124 cm³/mol. The van der Waals surface area contributed by atoms with Crippen molar-refractivity contribution in [2.45, 2.75) is 12.2 Å². The number of rotatable bonds is 5. The first-order valence-corrected chi connectivity index (χ1v) is 11.0. The van der Waals surface area contributed by atoms with Crippen LogP contribution in [0.15, 0.2) is 78.9 Å². The summed E-state index contributed by atoms with van der Waals surface area (Å²) in [5, 5.41) is 3.35. The lowest BCUT2D eigenvalue weighted by Gasteiger charge is -2.39. The second-order valence-corrected chi connectivity index (χ2v) is 8.32. The zero-order chi connectivity index (χ0) is 23.4. The molecule has 0 radical (unpaired) electrons. The van der Waals surface area contributed by atoms with Crippen LogP contribution in [0.4, 0.5) is 24.5 Å². The lowest BCUT2D eigenvalue weighted by Crippen LogP contribution is -2.50. The Labute approximate surface area is 195 Å². The van der Waals surface area contributed by atoms with E-state index in [0.717, 1.165) is 23.4 Å². The van der Waals surface area contributed by atoms with Gasteiger partial charge in [-0.25, -0.2) is 0 Å². The third-order valence-corrected chi connectivity index (χ3v) is 5.91. The van der Waals surface area contributed by atoms with Crippen LogP contribution in [0.2, 0.25) is 5.02 Å². The quantitative estimate of drug-likeness (QED) is 0.504. The van der Waals surface area contributed by atoms with Crippen LogP contribution in [0.1, 0.15) is 17.2 Å². The Morgan fingerprint density at radius 1 is 0.879 bits per heavy atom. The largest absolute Gasteiger partial charge is 0.416 e. The molecule has 4 nitrogen and oxygen atoms in total. The van der Waals surface area contributed by atoms with E-state index in [1.807, 2.05) is 54.6 Å². The van der Waals surface area contributed by atoms with Crippen molar-refractivity contribution < 1.29 is 18.0 Å². The van der Waals surface area contributed by atoms with E-state index in [9.17, 15) is 18.0 Å². The van der Waals surface area contributed by atoms with Gasteiger partial charge in [0.25, 0.3) is 0 Å². The molecular weight excluding hydrogens is 451 g/mol. The molecule has 8 heteroatoms. The number of hydrogen-bond acceptors (Lipinski definition) is 3. The SMILES string of the molecule is O=C(Nc1cccc(C(F)(F)F)c1)[C@@H](c1ccccc1)N1CCN(c2cccc(Cl)c2)CC1. The van der Waals surface area contributed by atoms with E-state index in [-0.39, 0.29) is 11.6 Å². The number of piperazine rings is 1. The Bertz CT molecular complexity index is 1100. The van der Waals surface area contributed by atoms with Crippen LogP contribution in [-0.2, 0) is 11.0 Å². The summed E-state index contributed by atoms with van der Waals surface area (Å²) in [6.07, 6.45) is -4.48. The number of benzene rings is 3. The normalized spacial score (nSPS) is 15.8. The lowest BCUT2D eigenvalue weighted by atomic mass is 10.0. The van der Waals surface area contributed by atoms with Gasteiger partial charge < -0.3 is 10.2 Å². The molecule has 1 aliphatic rings. The Morgan fingerprint density at radius 2 is 1.58 bits per heavy atom. The average molecular weight is 474 g/mol. The van der Waals surface area contributed by atoms with Gasteiger partial charge >= 0.3 is 6.18 Å². The van der Waals surface area contributed by atoms with Gasteiger partial charge in [0.15, 0.2) is 0 Å². The van der Waals surface area contributed by atoms with Gasteiger partial charge in [0.2, 0.25) is 5.91 Å². The molecule has 0 aliphatic carbocycles. The third-order valence-electron chi connectivity index (χ3n) is 5.67. The third kappa shape index (κ3) is 5.67. The van der Waals surface area contributed by atoms with Gasteiger partial charge in [0.1, 0.15) is 6.04 Å². The topological polar surface area (TPSA) is 35.6 Å². The molecule has 0 spiro atoms. The van der Waals surface area contributed by atoms with E-state index < -0.39 is 17.8 Å². The van der Waals surface area contributed by atoms with E-state index in [0.29, 0.717) is 31.2 Å². The van der Waals surface area contributed by atoms with Crippen molar-refractivity contribution in [1.29, 1.82) is 0 Å². The molecular formula is C25H23ClF3N3O. The molecule has 0 bridgehead atoms. The molecule has 1 heterocycles. The molecule has 0 saturated carbocycles. The monoisotopic (exact) mass is 473 g/mol. The van der Waals surface area contributed by atoms with Crippen molar-refractivity contribution in [3.8, 4) is 0 Å². The Kier molecular flexibility index (Phi) is 6.91. The summed E-state index contributed by atoms with van der Waals surface area (Å²) < 4.78 is 39.3. The summed E-state index contributed by atoms with van der Waals surface area (Å²) in [6, 6.07) is 21.0. The van der Waals surface area contributed by atoms with E-state index in [1.54, 1.807) is 0 Å². The first-order valence-electron chi connectivity index (χ1n) is 10.6. The van der Waals surface area contributed by atoms with Gasteiger partial charge in [-0.3, -0.25) is 9.69 Å². The molecule has 4 rings (SSSR count). The Morgan fingerprint density at radius 3 is 2.24 bits per heavy atom. The number of anilines is 2. The van der Waals surface area contributed by atoms with Crippen LogP contribution >= 0.6 is 11.6 Å². The smallest absolute Gasteiger partial charge is 0.369 e. The van der Waals surface area contributed by atoms with Gasteiger partial charge in [0, 0.05) is 42.6 Å². The van der Waals surface area contributed by atoms with Crippen molar-refractivity contribution in [1.82, 2.24) is 4.90 Å². The maximum Gasteiger partial charge on any atom is 0.416 e. The number of amides is 1. The first-order chi connectivity index (χ1) is 15.8. The zero-order valence-corrected chi connectivity index (χ0v) is 18.5. The molecule has 1 aliphatic heterocycles. The standard InChI is InChI=1S/C25H23ClF3N3O/c26-20-9-5-11-22(17-20)31-12-14-32(15-13-31)23(18-6-2-1-3-7-18)24(33)30-21-10-4-8-19(16-21)25(27,28)29/h1-11,16-17,23H,12-15H2,(H,30,33)/t23-/m1/s1. The van der Waals surface area contributed by atoms with Gasteiger partial charge in [0.05, 0.1) is 5.56 Å². The zero-order valence-electron chi connectivity index (χ0n) is 17.7. The summed E-state index contributed by atoms with van der Waals surface area (Å²) in [5.74, 6) is -0.364. The van der Waals surface area contributed by atoms with Gasteiger partial charge in [-0.05, 0) is 42.0 Å². The number of hydrogen-bond donors (Lipinski definition) is 1. The van der Waals surface area contributed by atoms with Crippen molar-refractivity contribution in [3.05, 3.63) is 95.0 Å². The number of carbonyl (C=O) groups is 1. The summed E-state index contributed by atoms with van der Waals surface area (Å²) in [4.78, 5) is 17.6. The number of halogens is 4. The van der Waals surface area contributed by atoms with Crippen LogP contribution in [-0.4, -0.2) is 37.0 Å². The fourth-order valence-corrected chi connectivity index (χ4v) is 4.24. The highest BCUT2D eigenvalue weighted by atomic mass is 35.5. The van der Waals surface area contributed by atoms with E-state index in [2.05, 4.69) is 15.1 Å². The fraction of sp³-hybridized carbons (Fsp3) is 0.240. The van der Waals surface area contributed by atoms with E-state index >= 15 is 0 Å². The summed E-state index contributed by atoms with van der Waals surface area (Å²) in [5.41, 5.74) is 1.13. The first kappa shape index (κ1) is 23.1. The molecule has 0 unspecified atom stereocenters. The van der Waals surface area contributed by atoms with Crippen LogP contribution in [0, 0.1) is 0 Å². The fourth-order valence-electron chi connectivity index (χ4n) is 4.06. The highest BCUT2D eigenvalue weighted by Gasteiger charge is 2.32. The highest BCUT2D eigenvalue weighted by molar-refractivity contribution is 6.30. The molecule has 1 amide bonds. The molecule has 3 aromatic carbocycles. The van der Waals surface area contributed by atoms with Crippen LogP contribution < -0.4 is 10.2 Å². The van der Waals surface area contributed by atoms with Crippen molar-refractivity contribution in [2.75, 3.05) is 36.4 Å². The Hall–Kier alpha value is -3.03. The summed E-state index contributed by atoms with van der Waals surface area (Å²) in [7, 11) is 0. The molecule has 1 atom stereocenters. The molecule has 33 heavy (non-hydrogen) atoms. The molecule has 1 saturated heterocycles. The second-order valence-electron chi connectivity index (χ2n) is 7.88. The average Bonchev–Trinajstić information content (AvgIpc) is 2.80. The molecule has 0 aromatic heterocycles. The van der Waals surface area contributed by atoms with Gasteiger partial charge in [-0.15, -0.1) is 0 Å². The van der Waals surface area contributed by atoms with E-state index in [1.165, 1.54) is 12.1 Å². The van der Waals surface area contributed by atoms with Crippen molar-refractivity contribution in [3.63, 3.8) is 0 Å². The molecule has 1 fully saturated rings. The molecule has 1 N–H and O–H groups in total. The van der Waals surface area contributed by atoms with Gasteiger partial charge in [-0.1, -0.05) is 54.1 Å². The highest BCUT2D eigenvalue weighted by Crippen LogP contribution is 2.32. The number of carbonyl (C=O) groups excluding carboxylic acids is 1. The number of nitrogens with one attached hydrogen (secondary N) is 1. The Balaban J connectivity index is 1.52. The maximum atomic E-state index is 13.3. The van der Waals surface area contributed by atoms with Crippen molar-refractivity contribution >= 4 is 28.9 Å². The van der Waals surface area contributed by atoms with Crippen LogP contribution in [0.25, 0.3) is 0 Å². The predicted octanol–water partition coefficient (Wildman–Crippen LogP) is 5.86. The maximum absolute atomic E-state index is 13.3. The minimum atomic E-state index is -4.48. The lowest BCUT2D eigenvalue weighted by molar-refractivity contribution is -0.137. The van der Waals surface area contributed by atoms with Crippen LogP contribution in [0.3, 0.4) is 0 Å². The number of alkyl halides is 3. The summed E-state index contributed by atoms with van der Waals surface area (Å²) >= 11 is 6.12. The van der Waals surface area contributed by atoms with Crippen molar-refractivity contribution in [2.24, 2.45) is 0 Å². The minimum Gasteiger partial charge on any atom is -0.369 e. The van der Waals surface area contributed by atoms with Gasteiger partial charge in [-0.2, -0.15) is 13.2 Å². The van der Waals surface area contributed by atoms with Crippen LogP contribution in [0.5, 0.6) is 0 Å². The molecule has 172 valence electrons. The minimum absolute atomic E-state index is 0.119. The second kappa shape index (κ2) is 9.85. The molecule has 3 aromatic rings. The summed E-state index contributed by atoms with van der Waals surface area (Å²) in [6.45, 7) is 2.62. The number of nitrogens with zero attached hydrogens (tertiary/aromatic N) is 2.